The summed E-state index contributed by atoms with van der Waals surface area (Å²) in [5.41, 5.74) is 8.79. The van der Waals surface area contributed by atoms with E-state index in [9.17, 15) is 18.0 Å². The number of anilines is 1. The number of fused-ring (bicyclic) bond motifs is 1. The first-order chi connectivity index (χ1) is 21.6. The molecule has 0 radical (unpaired) electrons. The van der Waals surface area contributed by atoms with Crippen molar-refractivity contribution >= 4 is 51.9 Å². The molecule has 228 valence electrons. The Labute approximate surface area is 262 Å². The molecule has 5 N–H and O–H groups in total. The van der Waals surface area contributed by atoms with Gasteiger partial charge in [-0.1, -0.05) is 59.6 Å². The van der Waals surface area contributed by atoms with Crippen molar-refractivity contribution in [3.05, 3.63) is 106 Å². The summed E-state index contributed by atoms with van der Waals surface area (Å²) in [6, 6.07) is 18.3. The molecule has 0 spiro atoms. The standard InChI is InChI=1S/C29H21Cl2F3N10O/c30-18-8-10-22(44-28(29(32,33)34)41-42-43-44)16(13-18)7-11-23(45)36-21(12-15-4-2-1-3-5-15)27-37-24(25(31)38-27)17-6-9-19-20(14-17)39-40-26(19)35/h1-11,13-14,21H,12H2,(H,36,45)(H,37,38)(H3,35,39,40)/t21-/m0/s1. The zero-order chi connectivity index (χ0) is 31.7. The zero-order valence-electron chi connectivity index (χ0n) is 22.8. The van der Waals surface area contributed by atoms with Crippen molar-refractivity contribution < 1.29 is 18.0 Å². The SMILES string of the molecule is Nc1n[nH]c2cc(-c3nc([C@H](Cc4ccccc4)NC(=O)C=Cc4cc(Cl)ccc4-n4nnnc4C(F)(F)F)[nH]c3Cl)ccc12. The molecular formula is C29H21Cl2F3N10O. The summed E-state index contributed by atoms with van der Waals surface area (Å²) in [7, 11) is 0. The molecule has 6 aromatic rings. The Balaban J connectivity index is 1.30. The quantitative estimate of drug-likeness (QED) is 0.148. The number of halogens is 5. The lowest BCUT2D eigenvalue weighted by Gasteiger charge is -2.16. The van der Waals surface area contributed by atoms with Gasteiger partial charge in [-0.2, -0.15) is 23.0 Å². The molecule has 3 aromatic heterocycles. The fraction of sp³-hybridized carbons (Fsp3) is 0.103. The van der Waals surface area contributed by atoms with Crippen molar-refractivity contribution in [3.63, 3.8) is 0 Å². The monoisotopic (exact) mass is 652 g/mol. The van der Waals surface area contributed by atoms with Gasteiger partial charge < -0.3 is 16.0 Å². The Hall–Kier alpha value is -5.21. The molecule has 1 atom stereocenters. The minimum Gasteiger partial charge on any atom is -0.382 e. The smallest absolute Gasteiger partial charge is 0.382 e. The highest BCUT2D eigenvalue weighted by molar-refractivity contribution is 6.32. The van der Waals surface area contributed by atoms with Crippen LogP contribution in [0.2, 0.25) is 10.2 Å². The van der Waals surface area contributed by atoms with E-state index in [0.717, 1.165) is 10.9 Å². The molecule has 0 saturated heterocycles. The first kappa shape index (κ1) is 29.8. The molecule has 0 unspecified atom stereocenters. The van der Waals surface area contributed by atoms with E-state index in [0.29, 0.717) is 39.5 Å². The summed E-state index contributed by atoms with van der Waals surface area (Å²) in [6.07, 6.45) is -1.97. The van der Waals surface area contributed by atoms with Crippen LogP contribution < -0.4 is 11.1 Å². The molecule has 3 aromatic carbocycles. The third-order valence-corrected chi connectivity index (χ3v) is 7.34. The summed E-state index contributed by atoms with van der Waals surface area (Å²) in [5, 5.41) is 20.8. The molecule has 0 aliphatic heterocycles. The maximum Gasteiger partial charge on any atom is 0.453 e. The first-order valence-electron chi connectivity index (χ1n) is 13.2. The molecule has 16 heteroatoms. The van der Waals surface area contributed by atoms with Crippen molar-refractivity contribution in [2.75, 3.05) is 5.73 Å². The Bertz CT molecular complexity index is 2040. The molecule has 6 rings (SSSR count). The predicted molar refractivity (Wildman–Crippen MR) is 162 cm³/mol. The number of carbonyl (C=O) groups excluding carboxylic acids is 1. The van der Waals surface area contributed by atoms with Crippen LogP contribution in [0, 0.1) is 0 Å². The van der Waals surface area contributed by atoms with Gasteiger partial charge in [0, 0.05) is 27.6 Å². The molecule has 3 heterocycles. The Morgan fingerprint density at radius 2 is 1.89 bits per heavy atom. The fourth-order valence-electron chi connectivity index (χ4n) is 4.74. The number of aromatic amines is 2. The number of aromatic nitrogens is 8. The van der Waals surface area contributed by atoms with E-state index in [2.05, 4.69) is 36.0 Å². The van der Waals surface area contributed by atoms with Gasteiger partial charge in [0.2, 0.25) is 5.91 Å². The number of nitrogens with zero attached hydrogens (tertiary/aromatic N) is 6. The molecule has 1 amide bonds. The largest absolute Gasteiger partial charge is 0.453 e. The van der Waals surface area contributed by atoms with E-state index in [-0.39, 0.29) is 21.4 Å². The molecule has 0 saturated carbocycles. The lowest BCUT2D eigenvalue weighted by Crippen LogP contribution is -2.29. The topological polar surface area (TPSA) is 156 Å². The number of hydrogen-bond donors (Lipinski definition) is 4. The number of alkyl halides is 3. The van der Waals surface area contributed by atoms with Crippen LogP contribution in [0.25, 0.3) is 33.9 Å². The summed E-state index contributed by atoms with van der Waals surface area (Å²) in [5.74, 6) is -1.13. The van der Waals surface area contributed by atoms with E-state index in [1.807, 2.05) is 42.5 Å². The lowest BCUT2D eigenvalue weighted by atomic mass is 10.1. The van der Waals surface area contributed by atoms with Gasteiger partial charge in [0.15, 0.2) is 5.82 Å². The van der Waals surface area contributed by atoms with Crippen molar-refractivity contribution in [1.29, 1.82) is 0 Å². The van der Waals surface area contributed by atoms with Gasteiger partial charge in [-0.05, 0) is 58.8 Å². The average molecular weight is 653 g/mol. The normalized spacial score (nSPS) is 12.6. The zero-order valence-corrected chi connectivity index (χ0v) is 24.4. The van der Waals surface area contributed by atoms with Gasteiger partial charge in [-0.3, -0.25) is 9.89 Å². The number of benzene rings is 3. The van der Waals surface area contributed by atoms with Gasteiger partial charge >= 0.3 is 6.18 Å². The second-order valence-corrected chi connectivity index (χ2v) is 10.7. The van der Waals surface area contributed by atoms with E-state index >= 15 is 0 Å². The summed E-state index contributed by atoms with van der Waals surface area (Å²) >= 11 is 12.7. The van der Waals surface area contributed by atoms with Gasteiger partial charge in [0.05, 0.1) is 17.2 Å². The highest BCUT2D eigenvalue weighted by Crippen LogP contribution is 2.32. The third-order valence-electron chi connectivity index (χ3n) is 6.83. The van der Waals surface area contributed by atoms with E-state index in [4.69, 9.17) is 33.9 Å². The van der Waals surface area contributed by atoms with Crippen molar-refractivity contribution in [2.45, 2.75) is 18.6 Å². The van der Waals surface area contributed by atoms with E-state index in [1.54, 1.807) is 6.07 Å². The molecule has 0 fully saturated rings. The fourth-order valence-corrected chi connectivity index (χ4v) is 5.17. The summed E-state index contributed by atoms with van der Waals surface area (Å²) in [4.78, 5) is 21.0. The average Bonchev–Trinajstić information content (AvgIpc) is 3.75. The molecule has 0 aliphatic carbocycles. The number of tetrazole rings is 1. The molecule has 0 bridgehead atoms. The maximum absolute atomic E-state index is 13.5. The van der Waals surface area contributed by atoms with Crippen LogP contribution in [0.1, 0.15) is 28.8 Å². The second-order valence-electron chi connectivity index (χ2n) is 9.85. The van der Waals surface area contributed by atoms with E-state index in [1.165, 1.54) is 30.4 Å². The molecule has 45 heavy (non-hydrogen) atoms. The highest BCUT2D eigenvalue weighted by Gasteiger charge is 2.38. The Morgan fingerprint density at radius 1 is 1.09 bits per heavy atom. The van der Waals surface area contributed by atoms with Crippen LogP contribution in [0.15, 0.2) is 72.8 Å². The van der Waals surface area contributed by atoms with Crippen LogP contribution >= 0.6 is 23.2 Å². The van der Waals surface area contributed by atoms with Crippen molar-refractivity contribution in [1.82, 2.24) is 45.7 Å². The minimum atomic E-state index is -4.81. The minimum absolute atomic E-state index is 0.0277. The first-order valence-corrected chi connectivity index (χ1v) is 14.0. The number of imidazole rings is 1. The van der Waals surface area contributed by atoms with Crippen molar-refractivity contribution in [2.24, 2.45) is 0 Å². The van der Waals surface area contributed by atoms with Crippen LogP contribution in [0.3, 0.4) is 0 Å². The molecular weight excluding hydrogens is 632 g/mol. The number of H-pyrrole nitrogens is 2. The number of nitrogens with one attached hydrogen (secondary N) is 3. The molecule has 11 nitrogen and oxygen atoms in total. The van der Waals surface area contributed by atoms with E-state index < -0.39 is 23.9 Å². The van der Waals surface area contributed by atoms with Gasteiger partial charge in [0.25, 0.3) is 5.82 Å². The van der Waals surface area contributed by atoms with Crippen LogP contribution in [0.4, 0.5) is 19.0 Å². The number of hydrogen-bond acceptors (Lipinski definition) is 7. The molecule has 0 aliphatic rings. The summed E-state index contributed by atoms with van der Waals surface area (Å²) in [6.45, 7) is 0. The van der Waals surface area contributed by atoms with Crippen LogP contribution in [-0.2, 0) is 17.4 Å². The maximum atomic E-state index is 13.5. The van der Waals surface area contributed by atoms with Crippen LogP contribution in [-0.4, -0.2) is 46.3 Å². The number of amides is 1. The van der Waals surface area contributed by atoms with Gasteiger partial charge in [-0.15, -0.1) is 5.10 Å². The third kappa shape index (κ3) is 6.37. The number of nitrogens with two attached hydrogens (primary N) is 1. The number of carbonyl (C=O) groups is 1. The summed E-state index contributed by atoms with van der Waals surface area (Å²) < 4.78 is 41.0. The highest BCUT2D eigenvalue weighted by atomic mass is 35.5. The van der Waals surface area contributed by atoms with Crippen LogP contribution in [0.5, 0.6) is 0 Å². The Morgan fingerprint density at radius 3 is 2.67 bits per heavy atom. The number of nitrogen functional groups attached to an aromatic ring is 1. The van der Waals surface area contributed by atoms with Crippen molar-refractivity contribution in [3.8, 4) is 16.9 Å². The lowest BCUT2D eigenvalue weighted by molar-refractivity contribution is -0.146. The predicted octanol–water partition coefficient (Wildman–Crippen LogP) is 5.95. The Kier molecular flexibility index (Phi) is 7.99. The van der Waals surface area contributed by atoms with Gasteiger partial charge in [0.1, 0.15) is 16.7 Å². The second kappa shape index (κ2) is 12.1. The number of rotatable bonds is 8. The van der Waals surface area contributed by atoms with Gasteiger partial charge in [-0.25, -0.2) is 4.98 Å².